The van der Waals surface area contributed by atoms with Crippen molar-refractivity contribution in [3.8, 4) is 35.8 Å². The molecule has 0 unspecified atom stereocenters. The fourth-order valence-corrected chi connectivity index (χ4v) is 7.54. The summed E-state index contributed by atoms with van der Waals surface area (Å²) in [6, 6.07) is 7.61. The van der Waals surface area contributed by atoms with E-state index in [2.05, 4.69) is 0 Å². The first-order valence-corrected chi connectivity index (χ1v) is 10.0. The Morgan fingerprint density at radius 2 is 0.885 bits per heavy atom. The fraction of sp³-hybridized carbons (Fsp3) is 0.125. The Kier molecular flexibility index (Phi) is 5.32. The number of allylic oxidation sites excluding steroid dienone is 2. The summed E-state index contributed by atoms with van der Waals surface area (Å²) in [5.74, 6) is 1.17. The molecule has 0 amide bonds. The van der Waals surface area contributed by atoms with Crippen LogP contribution >= 0.6 is 47.0 Å². The van der Waals surface area contributed by atoms with Crippen LogP contribution in [0.5, 0.6) is 11.5 Å². The first-order chi connectivity index (χ1) is 12.6. The molecule has 26 heavy (non-hydrogen) atoms. The second kappa shape index (κ2) is 7.50. The third kappa shape index (κ3) is 2.78. The van der Waals surface area contributed by atoms with Gasteiger partial charge in [-0.3, -0.25) is 0 Å². The average Bonchev–Trinajstić information content (AvgIpc) is 3.26. The van der Waals surface area contributed by atoms with Gasteiger partial charge in [0.2, 0.25) is 0 Å². The maximum Gasteiger partial charge on any atom is 0.150 e. The van der Waals surface area contributed by atoms with Crippen LogP contribution in [0.2, 0.25) is 0 Å². The molecule has 0 spiro atoms. The van der Waals surface area contributed by atoms with Crippen LogP contribution in [0.1, 0.15) is 0 Å². The van der Waals surface area contributed by atoms with Crippen LogP contribution in [-0.4, -0.2) is 14.2 Å². The maximum atomic E-state index is 9.14. The minimum absolute atomic E-state index is 0.0394. The molecule has 0 N–H and O–H groups in total. The van der Waals surface area contributed by atoms with E-state index in [1.54, 1.807) is 0 Å². The SMILES string of the molecule is COc1c2c(c(OC)c3c1SC(=C(C#N)C#N)S3)SC(=C(C#N)C#N)S2. The first kappa shape index (κ1) is 18.5. The van der Waals surface area contributed by atoms with Crippen LogP contribution in [0.3, 0.4) is 0 Å². The van der Waals surface area contributed by atoms with Gasteiger partial charge in [-0.05, 0) is 0 Å². The van der Waals surface area contributed by atoms with Crippen molar-refractivity contribution in [2.45, 2.75) is 19.6 Å². The molecule has 1 aromatic carbocycles. The number of rotatable bonds is 2. The smallest absolute Gasteiger partial charge is 0.150 e. The van der Waals surface area contributed by atoms with Crippen molar-refractivity contribution in [1.82, 2.24) is 0 Å². The highest BCUT2D eigenvalue weighted by molar-refractivity contribution is 8.26. The lowest BCUT2D eigenvalue weighted by Crippen LogP contribution is -1.94. The summed E-state index contributed by atoms with van der Waals surface area (Å²) in [4.78, 5) is 3.04. The molecule has 0 radical (unpaired) electrons. The van der Waals surface area contributed by atoms with Crippen molar-refractivity contribution in [3.63, 3.8) is 0 Å². The van der Waals surface area contributed by atoms with Crippen molar-refractivity contribution in [2.75, 3.05) is 14.2 Å². The van der Waals surface area contributed by atoms with Gasteiger partial charge in [0.25, 0.3) is 0 Å². The number of nitrogens with zero attached hydrogens (tertiary/aromatic N) is 4. The molecule has 2 aliphatic heterocycles. The lowest BCUT2D eigenvalue weighted by molar-refractivity contribution is 0.365. The van der Waals surface area contributed by atoms with Crippen molar-refractivity contribution >= 4 is 47.0 Å². The highest BCUT2D eigenvalue weighted by Crippen LogP contribution is 2.68. The van der Waals surface area contributed by atoms with E-state index in [0.29, 0.717) is 20.0 Å². The Morgan fingerprint density at radius 3 is 1.08 bits per heavy atom. The van der Waals surface area contributed by atoms with E-state index in [4.69, 9.17) is 30.5 Å². The highest BCUT2D eigenvalue weighted by Gasteiger charge is 2.37. The Labute approximate surface area is 166 Å². The summed E-state index contributed by atoms with van der Waals surface area (Å²) in [6.45, 7) is 0. The van der Waals surface area contributed by atoms with Gasteiger partial charge in [-0.2, -0.15) is 21.0 Å². The van der Waals surface area contributed by atoms with Gasteiger partial charge in [-0.1, -0.05) is 47.0 Å². The van der Waals surface area contributed by atoms with Crippen molar-refractivity contribution in [3.05, 3.63) is 19.6 Å². The van der Waals surface area contributed by atoms with Gasteiger partial charge in [0.1, 0.15) is 46.9 Å². The molecule has 0 saturated heterocycles. The normalized spacial score (nSPS) is 13.6. The maximum absolute atomic E-state index is 9.14. The fourth-order valence-electron chi connectivity index (χ4n) is 2.21. The van der Waals surface area contributed by atoms with E-state index in [9.17, 15) is 0 Å². The molecule has 0 fully saturated rings. The van der Waals surface area contributed by atoms with E-state index in [0.717, 1.165) is 19.6 Å². The molecule has 0 aromatic heterocycles. The van der Waals surface area contributed by atoms with Crippen LogP contribution in [0, 0.1) is 45.3 Å². The molecule has 2 heterocycles. The van der Waals surface area contributed by atoms with Crippen molar-refractivity contribution in [1.29, 1.82) is 21.0 Å². The van der Waals surface area contributed by atoms with E-state index < -0.39 is 0 Å². The largest absolute Gasteiger partial charge is 0.494 e. The van der Waals surface area contributed by atoms with Crippen molar-refractivity contribution in [2.24, 2.45) is 0 Å². The van der Waals surface area contributed by atoms with Crippen LogP contribution in [0.25, 0.3) is 0 Å². The quantitative estimate of drug-likeness (QED) is 0.635. The molecule has 126 valence electrons. The molecule has 10 heteroatoms. The number of nitriles is 4. The molecule has 1 aromatic rings. The minimum Gasteiger partial charge on any atom is -0.494 e. The zero-order valence-electron chi connectivity index (χ0n) is 13.2. The number of thioether (sulfide) groups is 4. The highest BCUT2D eigenvalue weighted by atomic mass is 32.2. The summed E-state index contributed by atoms with van der Waals surface area (Å²) >= 11 is 5.14. The minimum atomic E-state index is 0.0394. The monoisotopic (exact) mass is 414 g/mol. The van der Waals surface area contributed by atoms with Gasteiger partial charge < -0.3 is 9.47 Å². The number of methoxy groups -OCH3 is 2. The average molecular weight is 415 g/mol. The van der Waals surface area contributed by atoms with E-state index in [-0.39, 0.29) is 11.1 Å². The summed E-state index contributed by atoms with van der Waals surface area (Å²) in [5, 5.41) is 36.6. The van der Waals surface area contributed by atoms with E-state index in [1.807, 2.05) is 24.3 Å². The topological polar surface area (TPSA) is 114 Å². The first-order valence-electron chi connectivity index (χ1n) is 6.75. The van der Waals surface area contributed by atoms with Crippen molar-refractivity contribution < 1.29 is 9.47 Å². The Balaban J connectivity index is 2.24. The summed E-state index contributed by atoms with van der Waals surface area (Å²) in [5.41, 5.74) is 0.0789. The third-order valence-electron chi connectivity index (χ3n) is 3.28. The number of hydrogen-bond acceptors (Lipinski definition) is 10. The number of ether oxygens (including phenoxy) is 2. The predicted octanol–water partition coefficient (Wildman–Crippen LogP) is 4.62. The number of fused-ring (bicyclic) bond motifs is 2. The van der Waals surface area contributed by atoms with Crippen LogP contribution in [-0.2, 0) is 0 Å². The molecule has 0 atom stereocenters. The molecule has 2 aliphatic rings. The number of hydrogen-bond donors (Lipinski definition) is 0. The second-order valence-corrected chi connectivity index (χ2v) is 9.16. The third-order valence-corrected chi connectivity index (χ3v) is 8.47. The van der Waals surface area contributed by atoms with Crippen LogP contribution in [0.4, 0.5) is 0 Å². The van der Waals surface area contributed by atoms with Crippen LogP contribution < -0.4 is 9.47 Å². The molecular weight excluding hydrogens is 408 g/mol. The Morgan fingerprint density at radius 1 is 0.615 bits per heavy atom. The van der Waals surface area contributed by atoms with E-state index in [1.165, 1.54) is 61.3 Å². The molecule has 6 nitrogen and oxygen atoms in total. The lowest BCUT2D eigenvalue weighted by Gasteiger charge is -2.14. The molecule has 3 rings (SSSR count). The molecular formula is C16H6N4O2S4. The lowest BCUT2D eigenvalue weighted by atomic mass is 10.3. The van der Waals surface area contributed by atoms with Crippen LogP contribution in [0.15, 0.2) is 39.2 Å². The van der Waals surface area contributed by atoms with Gasteiger partial charge in [0.15, 0.2) is 0 Å². The zero-order chi connectivity index (χ0) is 18.8. The summed E-state index contributed by atoms with van der Waals surface area (Å²) < 4.78 is 12.3. The standard InChI is InChI=1S/C16H6N4O2S4/c1-21-9-11-13(25-15(23-11)7(3-17)4-18)10(22-2)14-12(9)24-16(26-14)8(5-19)6-20/h1-2H3. The van der Waals surface area contributed by atoms with Gasteiger partial charge in [0.05, 0.1) is 42.3 Å². The van der Waals surface area contributed by atoms with Gasteiger partial charge in [-0.15, -0.1) is 0 Å². The zero-order valence-corrected chi connectivity index (χ0v) is 16.5. The van der Waals surface area contributed by atoms with Gasteiger partial charge in [-0.25, -0.2) is 0 Å². The van der Waals surface area contributed by atoms with Gasteiger partial charge in [0, 0.05) is 0 Å². The van der Waals surface area contributed by atoms with E-state index >= 15 is 0 Å². The molecule has 0 bridgehead atoms. The Bertz CT molecular complexity index is 906. The second-order valence-electron chi connectivity index (χ2n) is 4.56. The molecule has 0 saturated carbocycles. The summed E-state index contributed by atoms with van der Waals surface area (Å²) in [6.07, 6.45) is 0. The summed E-state index contributed by atoms with van der Waals surface area (Å²) in [7, 11) is 3.07. The Hall–Kier alpha value is -2.34. The predicted molar refractivity (Wildman–Crippen MR) is 99.5 cm³/mol. The molecule has 0 aliphatic carbocycles. The van der Waals surface area contributed by atoms with Gasteiger partial charge >= 0.3 is 0 Å². The number of benzene rings is 1.